The Morgan fingerprint density at radius 3 is 2.94 bits per heavy atom. The zero-order valence-corrected chi connectivity index (χ0v) is 10.3. The standard InChI is InChI=1S/C11H24N4O/c1-9(2)6-13-11(15-12)14-7-10-4-3-5-16-8-10/h9-10H,3-8,12H2,1-2H3,(H2,13,14,15). The molecule has 1 fully saturated rings. The Bertz CT molecular complexity index is 212. The maximum absolute atomic E-state index is 5.41. The van der Waals surface area contributed by atoms with Gasteiger partial charge in [0.25, 0.3) is 0 Å². The average molecular weight is 228 g/mol. The molecule has 5 nitrogen and oxygen atoms in total. The molecule has 1 saturated heterocycles. The molecule has 0 amide bonds. The van der Waals surface area contributed by atoms with Gasteiger partial charge in [-0.25, -0.2) is 5.84 Å². The lowest BCUT2D eigenvalue weighted by Gasteiger charge is -2.22. The van der Waals surface area contributed by atoms with Gasteiger partial charge in [-0.2, -0.15) is 0 Å². The van der Waals surface area contributed by atoms with Crippen LogP contribution in [-0.4, -0.2) is 32.3 Å². The van der Waals surface area contributed by atoms with Crippen molar-refractivity contribution in [2.75, 3.05) is 26.3 Å². The lowest BCUT2D eigenvalue weighted by molar-refractivity contribution is 0.0564. The molecule has 0 saturated carbocycles. The van der Waals surface area contributed by atoms with Crippen molar-refractivity contribution in [1.29, 1.82) is 0 Å². The van der Waals surface area contributed by atoms with Gasteiger partial charge in [0.1, 0.15) is 0 Å². The van der Waals surface area contributed by atoms with Gasteiger partial charge in [0.15, 0.2) is 0 Å². The minimum atomic E-state index is 0.545. The molecule has 1 heterocycles. The van der Waals surface area contributed by atoms with E-state index in [0.717, 1.165) is 32.7 Å². The SMILES string of the molecule is CC(C)CN=C(NN)NCC1CCCOC1. The second-order valence-corrected chi connectivity index (χ2v) is 4.69. The lowest BCUT2D eigenvalue weighted by atomic mass is 10.0. The molecule has 5 heteroatoms. The summed E-state index contributed by atoms with van der Waals surface area (Å²) in [5, 5.41) is 3.23. The first-order valence-corrected chi connectivity index (χ1v) is 6.05. The Balaban J connectivity index is 2.24. The fourth-order valence-corrected chi connectivity index (χ4v) is 1.64. The van der Waals surface area contributed by atoms with E-state index in [0.29, 0.717) is 17.8 Å². The molecule has 4 N–H and O–H groups in total. The zero-order valence-electron chi connectivity index (χ0n) is 10.3. The number of ether oxygens (including phenoxy) is 1. The van der Waals surface area contributed by atoms with E-state index in [1.54, 1.807) is 0 Å². The Morgan fingerprint density at radius 2 is 2.38 bits per heavy atom. The van der Waals surface area contributed by atoms with Crippen LogP contribution in [0.2, 0.25) is 0 Å². The lowest BCUT2D eigenvalue weighted by Crippen LogP contribution is -2.44. The quantitative estimate of drug-likeness (QED) is 0.283. The highest BCUT2D eigenvalue weighted by Gasteiger charge is 2.13. The predicted molar refractivity (Wildman–Crippen MR) is 66.0 cm³/mol. The van der Waals surface area contributed by atoms with Crippen LogP contribution in [0.1, 0.15) is 26.7 Å². The summed E-state index contributed by atoms with van der Waals surface area (Å²) in [5.74, 6) is 7.20. The van der Waals surface area contributed by atoms with Gasteiger partial charge in [0.05, 0.1) is 6.61 Å². The number of hydrogen-bond acceptors (Lipinski definition) is 3. The molecule has 0 spiro atoms. The highest BCUT2D eigenvalue weighted by molar-refractivity contribution is 5.79. The van der Waals surface area contributed by atoms with E-state index >= 15 is 0 Å². The molecule has 0 aromatic heterocycles. The van der Waals surface area contributed by atoms with Crippen LogP contribution in [0.5, 0.6) is 0 Å². The summed E-state index contributed by atoms with van der Waals surface area (Å²) in [4.78, 5) is 4.35. The summed E-state index contributed by atoms with van der Waals surface area (Å²) in [6, 6.07) is 0. The minimum absolute atomic E-state index is 0.545. The molecular formula is C11H24N4O. The molecule has 1 atom stereocenters. The van der Waals surface area contributed by atoms with Crippen molar-refractivity contribution in [1.82, 2.24) is 10.7 Å². The van der Waals surface area contributed by atoms with E-state index in [9.17, 15) is 0 Å². The molecular weight excluding hydrogens is 204 g/mol. The number of nitrogens with two attached hydrogens (primary N) is 1. The molecule has 1 unspecified atom stereocenters. The first kappa shape index (κ1) is 13.3. The average Bonchev–Trinajstić information content (AvgIpc) is 2.30. The number of nitrogens with one attached hydrogen (secondary N) is 2. The molecule has 1 aliphatic heterocycles. The largest absolute Gasteiger partial charge is 0.381 e. The van der Waals surface area contributed by atoms with Crippen LogP contribution in [-0.2, 0) is 4.74 Å². The maximum Gasteiger partial charge on any atom is 0.205 e. The number of hydrogen-bond donors (Lipinski definition) is 3. The molecule has 0 aliphatic carbocycles. The molecule has 94 valence electrons. The van der Waals surface area contributed by atoms with Crippen molar-refractivity contribution in [3.63, 3.8) is 0 Å². The van der Waals surface area contributed by atoms with E-state index in [4.69, 9.17) is 10.6 Å². The van der Waals surface area contributed by atoms with Crippen molar-refractivity contribution in [3.8, 4) is 0 Å². The predicted octanol–water partition coefficient (Wildman–Crippen LogP) is 0.478. The zero-order chi connectivity index (χ0) is 11.8. The van der Waals surface area contributed by atoms with Crippen molar-refractivity contribution in [3.05, 3.63) is 0 Å². The van der Waals surface area contributed by atoms with Gasteiger partial charge >= 0.3 is 0 Å². The van der Waals surface area contributed by atoms with Crippen LogP contribution in [0, 0.1) is 11.8 Å². The van der Waals surface area contributed by atoms with Gasteiger partial charge in [-0.3, -0.25) is 10.4 Å². The summed E-state index contributed by atoms with van der Waals surface area (Å²) >= 11 is 0. The summed E-state index contributed by atoms with van der Waals surface area (Å²) < 4.78 is 5.41. The van der Waals surface area contributed by atoms with Gasteiger partial charge in [0, 0.05) is 19.7 Å². The molecule has 0 aromatic rings. The Hall–Kier alpha value is -0.810. The van der Waals surface area contributed by atoms with Crippen molar-refractivity contribution in [2.24, 2.45) is 22.7 Å². The highest BCUT2D eigenvalue weighted by Crippen LogP contribution is 2.11. The Kier molecular flexibility index (Phi) is 6.18. The number of nitrogens with zero attached hydrogens (tertiary/aromatic N) is 1. The molecule has 0 radical (unpaired) electrons. The Morgan fingerprint density at radius 1 is 1.56 bits per heavy atom. The summed E-state index contributed by atoms with van der Waals surface area (Å²) in [6.07, 6.45) is 2.37. The monoisotopic (exact) mass is 228 g/mol. The first-order chi connectivity index (χ1) is 7.72. The summed E-state index contributed by atoms with van der Waals surface area (Å²) in [7, 11) is 0. The normalized spacial score (nSPS) is 22.2. The fourth-order valence-electron chi connectivity index (χ4n) is 1.64. The van der Waals surface area contributed by atoms with Crippen LogP contribution in [0.15, 0.2) is 4.99 Å². The summed E-state index contributed by atoms with van der Waals surface area (Å²) in [5.41, 5.74) is 2.60. The van der Waals surface area contributed by atoms with Gasteiger partial charge in [0.2, 0.25) is 5.96 Å². The van der Waals surface area contributed by atoms with Crippen LogP contribution in [0.4, 0.5) is 0 Å². The summed E-state index contributed by atoms with van der Waals surface area (Å²) in [6.45, 7) is 7.67. The second-order valence-electron chi connectivity index (χ2n) is 4.69. The van der Waals surface area contributed by atoms with E-state index in [-0.39, 0.29) is 0 Å². The molecule has 1 rings (SSSR count). The first-order valence-electron chi connectivity index (χ1n) is 6.05. The molecule has 1 aliphatic rings. The Labute approximate surface area is 97.8 Å². The molecule has 0 bridgehead atoms. The van der Waals surface area contributed by atoms with E-state index in [1.807, 2.05) is 0 Å². The second kappa shape index (κ2) is 7.46. The van der Waals surface area contributed by atoms with Crippen molar-refractivity contribution < 1.29 is 4.74 Å². The third-order valence-corrected chi connectivity index (χ3v) is 2.56. The third-order valence-electron chi connectivity index (χ3n) is 2.56. The highest BCUT2D eigenvalue weighted by atomic mass is 16.5. The number of aliphatic imine (C=N–C) groups is 1. The van der Waals surface area contributed by atoms with E-state index in [2.05, 4.69) is 29.6 Å². The van der Waals surface area contributed by atoms with Gasteiger partial charge < -0.3 is 10.1 Å². The molecule has 0 aromatic carbocycles. The van der Waals surface area contributed by atoms with Crippen LogP contribution in [0.25, 0.3) is 0 Å². The van der Waals surface area contributed by atoms with Crippen LogP contribution in [0.3, 0.4) is 0 Å². The van der Waals surface area contributed by atoms with E-state index < -0.39 is 0 Å². The number of hydrazine groups is 1. The fraction of sp³-hybridized carbons (Fsp3) is 0.909. The minimum Gasteiger partial charge on any atom is -0.381 e. The smallest absolute Gasteiger partial charge is 0.205 e. The topological polar surface area (TPSA) is 71.7 Å². The maximum atomic E-state index is 5.41. The van der Waals surface area contributed by atoms with Gasteiger partial charge in [-0.15, -0.1) is 0 Å². The number of guanidine groups is 1. The van der Waals surface area contributed by atoms with Crippen LogP contribution >= 0.6 is 0 Å². The van der Waals surface area contributed by atoms with Crippen molar-refractivity contribution >= 4 is 5.96 Å². The molecule has 16 heavy (non-hydrogen) atoms. The van der Waals surface area contributed by atoms with Gasteiger partial charge in [-0.05, 0) is 24.7 Å². The van der Waals surface area contributed by atoms with E-state index in [1.165, 1.54) is 6.42 Å². The van der Waals surface area contributed by atoms with Crippen LogP contribution < -0.4 is 16.6 Å². The van der Waals surface area contributed by atoms with Gasteiger partial charge in [-0.1, -0.05) is 13.8 Å². The third kappa shape index (κ3) is 5.32. The number of rotatable bonds is 4. The van der Waals surface area contributed by atoms with Crippen molar-refractivity contribution in [2.45, 2.75) is 26.7 Å².